The van der Waals surface area contributed by atoms with Gasteiger partial charge in [0.25, 0.3) is 0 Å². The molecule has 37 heavy (non-hydrogen) atoms. The summed E-state index contributed by atoms with van der Waals surface area (Å²) < 4.78 is 0. The van der Waals surface area contributed by atoms with Crippen molar-refractivity contribution in [3.8, 4) is 0 Å². The van der Waals surface area contributed by atoms with Crippen LogP contribution >= 0.6 is 0 Å². The fourth-order valence-corrected chi connectivity index (χ4v) is 3.46. The highest BCUT2D eigenvalue weighted by Gasteiger charge is 2.31. The van der Waals surface area contributed by atoms with Crippen LogP contribution in [0.5, 0.6) is 0 Å². The Hall–Kier alpha value is -3.52. The number of carbonyl (C=O) groups excluding carboxylic acids is 4. The zero-order chi connectivity index (χ0) is 28.0. The predicted molar refractivity (Wildman–Crippen MR) is 134 cm³/mol. The number of rotatable bonds is 18. The van der Waals surface area contributed by atoms with Crippen LogP contribution < -0.4 is 33.2 Å². The average molecular weight is 525 g/mol. The number of hydrogen-bond acceptors (Lipinski definition) is 8. The first-order valence-corrected chi connectivity index (χ1v) is 12.3. The number of amides is 4. The van der Waals surface area contributed by atoms with Gasteiger partial charge in [0.1, 0.15) is 18.1 Å². The van der Waals surface area contributed by atoms with Crippen LogP contribution in [0, 0.1) is 5.92 Å². The number of primary amides is 1. The van der Waals surface area contributed by atoms with E-state index in [-0.39, 0.29) is 31.6 Å². The highest BCUT2D eigenvalue weighted by Crippen LogP contribution is 2.09. The summed E-state index contributed by atoms with van der Waals surface area (Å²) in [6.07, 6.45) is 4.43. The van der Waals surface area contributed by atoms with Crippen LogP contribution in [-0.4, -0.2) is 75.4 Å². The van der Waals surface area contributed by atoms with Gasteiger partial charge in [-0.25, -0.2) is 9.78 Å². The Morgan fingerprint density at radius 2 is 1.62 bits per heavy atom. The van der Waals surface area contributed by atoms with Crippen molar-refractivity contribution < 1.29 is 29.1 Å². The van der Waals surface area contributed by atoms with E-state index in [0.717, 1.165) is 0 Å². The maximum atomic E-state index is 13.3. The van der Waals surface area contributed by atoms with E-state index in [1.54, 1.807) is 0 Å². The van der Waals surface area contributed by atoms with E-state index in [1.807, 2.05) is 13.8 Å². The first-order valence-electron chi connectivity index (χ1n) is 12.3. The quantitative estimate of drug-likeness (QED) is 0.101. The van der Waals surface area contributed by atoms with Crippen molar-refractivity contribution in [3.63, 3.8) is 0 Å². The summed E-state index contributed by atoms with van der Waals surface area (Å²) in [7, 11) is 0. The molecular formula is C23H40N8O6. The van der Waals surface area contributed by atoms with Gasteiger partial charge in [-0.1, -0.05) is 20.3 Å². The fourth-order valence-electron chi connectivity index (χ4n) is 3.46. The molecule has 1 aromatic rings. The summed E-state index contributed by atoms with van der Waals surface area (Å²) in [5, 5.41) is 17.0. The number of unbranched alkanes of at least 4 members (excludes halogenated alkanes) is 1. The van der Waals surface area contributed by atoms with Gasteiger partial charge in [-0.15, -0.1) is 0 Å². The van der Waals surface area contributed by atoms with E-state index >= 15 is 0 Å². The molecule has 0 aliphatic carbocycles. The topological polar surface area (TPSA) is 248 Å². The molecule has 1 aromatic heterocycles. The van der Waals surface area contributed by atoms with Crippen LogP contribution in [0.4, 0.5) is 0 Å². The van der Waals surface area contributed by atoms with Crippen LogP contribution in [0.15, 0.2) is 12.5 Å². The first kappa shape index (κ1) is 31.5. The molecule has 0 radical (unpaired) electrons. The Labute approximate surface area is 215 Å². The first-order chi connectivity index (χ1) is 17.5. The van der Waals surface area contributed by atoms with Crippen LogP contribution in [0.1, 0.15) is 58.1 Å². The summed E-state index contributed by atoms with van der Waals surface area (Å²) in [4.78, 5) is 68.4. The molecule has 5 unspecified atom stereocenters. The molecule has 0 aliphatic rings. The van der Waals surface area contributed by atoms with E-state index in [4.69, 9.17) is 17.2 Å². The second kappa shape index (κ2) is 16.3. The Kier molecular flexibility index (Phi) is 13.9. The second-order valence-corrected chi connectivity index (χ2v) is 9.00. The molecule has 14 nitrogen and oxygen atoms in total. The Morgan fingerprint density at radius 3 is 2.16 bits per heavy atom. The highest BCUT2D eigenvalue weighted by atomic mass is 16.4. The van der Waals surface area contributed by atoms with Crippen LogP contribution in [-0.2, 0) is 30.4 Å². The minimum atomic E-state index is -1.37. The molecule has 0 saturated heterocycles. The molecular weight excluding hydrogens is 484 g/mol. The SMILES string of the molecule is CCC(C)C(N)C(=O)NC(Cc1cnc[nH]1)C(=O)NC(CCCCN)C(=O)NC(CCC(N)=O)C(=O)O. The number of aromatic nitrogens is 2. The Bertz CT molecular complexity index is 894. The van der Waals surface area contributed by atoms with Crippen molar-refractivity contribution in [2.24, 2.45) is 23.1 Å². The van der Waals surface area contributed by atoms with E-state index in [1.165, 1.54) is 12.5 Å². The summed E-state index contributed by atoms with van der Waals surface area (Å²) in [5.41, 5.74) is 17.2. The van der Waals surface area contributed by atoms with Crippen LogP contribution in [0.25, 0.3) is 0 Å². The number of nitrogens with one attached hydrogen (secondary N) is 4. The molecule has 0 aliphatic heterocycles. The Balaban J connectivity index is 3.06. The van der Waals surface area contributed by atoms with Crippen molar-refractivity contribution in [2.45, 2.75) is 83.0 Å². The number of aromatic amines is 1. The third kappa shape index (κ3) is 11.4. The van der Waals surface area contributed by atoms with Gasteiger partial charge in [0.05, 0.1) is 12.4 Å². The fraction of sp³-hybridized carbons (Fsp3) is 0.652. The van der Waals surface area contributed by atoms with Gasteiger partial charge in [-0.05, 0) is 38.1 Å². The summed E-state index contributed by atoms with van der Waals surface area (Å²) >= 11 is 0. The molecule has 0 fully saturated rings. The monoisotopic (exact) mass is 524 g/mol. The molecule has 0 aromatic carbocycles. The third-order valence-electron chi connectivity index (χ3n) is 6.05. The minimum Gasteiger partial charge on any atom is -0.480 e. The normalized spacial score (nSPS) is 15.0. The van der Waals surface area contributed by atoms with E-state index in [2.05, 4.69) is 25.9 Å². The maximum Gasteiger partial charge on any atom is 0.326 e. The van der Waals surface area contributed by atoms with E-state index in [0.29, 0.717) is 31.5 Å². The number of hydrogen-bond donors (Lipinski definition) is 8. The van der Waals surface area contributed by atoms with Gasteiger partial charge in [0.15, 0.2) is 0 Å². The molecule has 5 atom stereocenters. The third-order valence-corrected chi connectivity index (χ3v) is 6.05. The lowest BCUT2D eigenvalue weighted by Crippen LogP contribution is -2.58. The van der Waals surface area contributed by atoms with E-state index in [9.17, 15) is 29.1 Å². The number of nitrogens with zero attached hydrogens (tertiary/aromatic N) is 1. The van der Waals surface area contributed by atoms with Crippen molar-refractivity contribution >= 4 is 29.6 Å². The van der Waals surface area contributed by atoms with Gasteiger partial charge in [-0.3, -0.25) is 19.2 Å². The predicted octanol–water partition coefficient (Wildman–Crippen LogP) is -1.74. The highest BCUT2D eigenvalue weighted by molar-refractivity contribution is 5.94. The van der Waals surface area contributed by atoms with Crippen molar-refractivity contribution in [2.75, 3.05) is 6.54 Å². The summed E-state index contributed by atoms with van der Waals surface area (Å²) in [5.74, 6) is -4.10. The maximum absolute atomic E-state index is 13.3. The van der Waals surface area contributed by atoms with Crippen molar-refractivity contribution in [1.29, 1.82) is 0 Å². The van der Waals surface area contributed by atoms with Crippen molar-refractivity contribution in [3.05, 3.63) is 18.2 Å². The number of nitrogens with two attached hydrogens (primary N) is 3. The standard InChI is InChI=1S/C23H40N8O6/c1-3-13(2)19(26)22(35)31-17(10-14-11-27-12-28-14)21(34)29-15(6-4-5-9-24)20(33)30-16(23(36)37)7-8-18(25)32/h11-13,15-17,19H,3-10,24,26H2,1-2H3,(H2,25,32)(H,27,28)(H,29,34)(H,30,33)(H,31,35)(H,36,37). The smallest absolute Gasteiger partial charge is 0.326 e. The van der Waals surface area contributed by atoms with E-state index < -0.39 is 53.8 Å². The molecule has 0 spiro atoms. The number of carboxylic acid groups (broad SMARTS) is 1. The molecule has 0 bridgehead atoms. The minimum absolute atomic E-state index is 0.0539. The molecule has 1 rings (SSSR count). The van der Waals surface area contributed by atoms with Gasteiger partial charge >= 0.3 is 5.97 Å². The van der Waals surface area contributed by atoms with Gasteiger partial charge in [0.2, 0.25) is 23.6 Å². The number of carboxylic acids is 1. The molecule has 11 N–H and O–H groups in total. The summed E-state index contributed by atoms with van der Waals surface area (Å²) in [6, 6.07) is -4.41. The number of aliphatic carboxylic acids is 1. The largest absolute Gasteiger partial charge is 0.480 e. The lowest BCUT2D eigenvalue weighted by molar-refractivity contribution is -0.142. The van der Waals surface area contributed by atoms with Gasteiger partial charge in [-0.2, -0.15) is 0 Å². The van der Waals surface area contributed by atoms with Gasteiger partial charge in [0, 0.05) is 24.7 Å². The molecule has 4 amide bonds. The number of H-pyrrole nitrogens is 1. The van der Waals surface area contributed by atoms with Gasteiger partial charge < -0.3 is 43.2 Å². The lowest BCUT2D eigenvalue weighted by Gasteiger charge is -2.26. The zero-order valence-electron chi connectivity index (χ0n) is 21.4. The zero-order valence-corrected chi connectivity index (χ0v) is 21.4. The molecule has 14 heteroatoms. The average Bonchev–Trinajstić information content (AvgIpc) is 3.37. The number of imidazole rings is 1. The lowest BCUT2D eigenvalue weighted by atomic mass is 9.98. The molecule has 1 heterocycles. The van der Waals surface area contributed by atoms with Crippen LogP contribution in [0.2, 0.25) is 0 Å². The second-order valence-electron chi connectivity index (χ2n) is 9.00. The Morgan fingerprint density at radius 1 is 1.00 bits per heavy atom. The summed E-state index contributed by atoms with van der Waals surface area (Å²) in [6.45, 7) is 4.08. The van der Waals surface area contributed by atoms with Crippen LogP contribution in [0.3, 0.4) is 0 Å². The van der Waals surface area contributed by atoms with Crippen molar-refractivity contribution in [1.82, 2.24) is 25.9 Å². The number of carbonyl (C=O) groups is 5. The molecule has 0 saturated carbocycles. The molecule has 208 valence electrons.